The van der Waals surface area contributed by atoms with Crippen molar-refractivity contribution in [3.8, 4) is 21.8 Å². The Balaban J connectivity index is 1.70. The first-order valence-corrected chi connectivity index (χ1v) is 10.4. The zero-order valence-electron chi connectivity index (χ0n) is 16.2. The van der Waals surface area contributed by atoms with Crippen LogP contribution in [0, 0.1) is 0 Å². The van der Waals surface area contributed by atoms with E-state index in [2.05, 4.69) is 0 Å². The molecule has 2 aromatic carbocycles. The zero-order chi connectivity index (χ0) is 21.4. The molecular formula is C24H16N2O4S. The summed E-state index contributed by atoms with van der Waals surface area (Å²) in [4.78, 5) is 31.1. The summed E-state index contributed by atoms with van der Waals surface area (Å²) < 4.78 is 6.93. The second-order valence-electron chi connectivity index (χ2n) is 6.96. The van der Waals surface area contributed by atoms with Crippen LogP contribution in [-0.2, 0) is 6.54 Å². The highest BCUT2D eigenvalue weighted by Crippen LogP contribution is 2.32. The van der Waals surface area contributed by atoms with Gasteiger partial charge in [-0.2, -0.15) is 0 Å². The van der Waals surface area contributed by atoms with E-state index in [9.17, 15) is 9.59 Å². The van der Waals surface area contributed by atoms with Crippen LogP contribution in [0.25, 0.3) is 32.0 Å². The van der Waals surface area contributed by atoms with Crippen molar-refractivity contribution in [2.45, 2.75) is 6.54 Å². The topological polar surface area (TPSA) is 85.3 Å². The van der Waals surface area contributed by atoms with E-state index in [-0.39, 0.29) is 17.9 Å². The molecule has 0 unspecified atom stereocenters. The van der Waals surface area contributed by atoms with E-state index >= 15 is 0 Å². The average Bonchev–Trinajstić information content (AvgIpc) is 3.44. The largest absolute Gasteiger partial charge is 0.475 e. The first-order valence-electron chi connectivity index (χ1n) is 9.57. The lowest BCUT2D eigenvalue weighted by Crippen LogP contribution is -2.23. The molecular weight excluding hydrogens is 412 g/mol. The summed E-state index contributed by atoms with van der Waals surface area (Å²) in [6.07, 6.45) is 0. The summed E-state index contributed by atoms with van der Waals surface area (Å²) in [6.45, 7) is 0.0792. The third kappa shape index (κ3) is 3.55. The number of furan rings is 1. The van der Waals surface area contributed by atoms with Crippen molar-refractivity contribution in [3.05, 3.63) is 101 Å². The Kier molecular flexibility index (Phi) is 4.72. The molecule has 0 saturated heterocycles. The lowest BCUT2D eigenvalue weighted by molar-refractivity contribution is 0.0660. The van der Waals surface area contributed by atoms with E-state index in [0.717, 1.165) is 16.0 Å². The van der Waals surface area contributed by atoms with Gasteiger partial charge >= 0.3 is 5.97 Å². The summed E-state index contributed by atoms with van der Waals surface area (Å²) in [5.41, 5.74) is 1.62. The van der Waals surface area contributed by atoms with Gasteiger partial charge in [0, 0.05) is 10.4 Å². The first kappa shape index (κ1) is 19.0. The number of nitrogens with zero attached hydrogens (tertiary/aromatic N) is 2. The molecule has 0 amide bonds. The van der Waals surface area contributed by atoms with Crippen LogP contribution in [0.15, 0.2) is 88.1 Å². The van der Waals surface area contributed by atoms with E-state index in [1.165, 1.54) is 22.0 Å². The Morgan fingerprint density at radius 2 is 1.65 bits per heavy atom. The van der Waals surface area contributed by atoms with Crippen molar-refractivity contribution in [1.29, 1.82) is 0 Å². The number of carbonyl (C=O) groups is 1. The summed E-state index contributed by atoms with van der Waals surface area (Å²) in [6, 6.07) is 24.1. The summed E-state index contributed by atoms with van der Waals surface area (Å²) in [7, 11) is 0. The average molecular weight is 428 g/mol. The van der Waals surface area contributed by atoms with Crippen LogP contribution in [0.1, 0.15) is 16.3 Å². The van der Waals surface area contributed by atoms with Crippen LogP contribution >= 0.6 is 11.3 Å². The quantitative estimate of drug-likeness (QED) is 0.419. The Morgan fingerprint density at radius 3 is 2.29 bits per heavy atom. The summed E-state index contributed by atoms with van der Waals surface area (Å²) in [5, 5.41) is 9.65. The second-order valence-corrected chi connectivity index (χ2v) is 7.99. The van der Waals surface area contributed by atoms with Gasteiger partial charge in [0.1, 0.15) is 16.4 Å². The number of fused-ring (bicyclic) bond motifs is 1. The van der Waals surface area contributed by atoms with E-state index in [1.807, 2.05) is 66.7 Å². The molecule has 0 aliphatic rings. The Hall–Kier alpha value is -3.97. The molecule has 6 nitrogen and oxygen atoms in total. The molecule has 31 heavy (non-hydrogen) atoms. The van der Waals surface area contributed by atoms with Gasteiger partial charge in [0.05, 0.1) is 11.9 Å². The van der Waals surface area contributed by atoms with Gasteiger partial charge in [-0.25, -0.2) is 9.78 Å². The van der Waals surface area contributed by atoms with Crippen LogP contribution in [0.5, 0.6) is 0 Å². The van der Waals surface area contributed by atoms with E-state index in [0.29, 0.717) is 21.8 Å². The van der Waals surface area contributed by atoms with Gasteiger partial charge in [0.15, 0.2) is 0 Å². The fourth-order valence-corrected chi connectivity index (χ4v) is 4.48. The standard InChI is InChI=1S/C24H16N2O4S/c27-23-18-13-20(15-7-3-1-4-8-15)31-22(18)25-21(16-9-5-2-6-10-16)26(23)14-17-11-12-19(30-17)24(28)29/h1-13H,14H2,(H,28,29). The van der Waals surface area contributed by atoms with E-state index in [1.54, 1.807) is 6.07 Å². The molecule has 0 fully saturated rings. The number of carboxylic acid groups (broad SMARTS) is 1. The van der Waals surface area contributed by atoms with Gasteiger partial charge in [-0.05, 0) is 23.8 Å². The minimum atomic E-state index is -1.15. The van der Waals surface area contributed by atoms with E-state index < -0.39 is 5.97 Å². The van der Waals surface area contributed by atoms with E-state index in [4.69, 9.17) is 14.5 Å². The Bertz CT molecular complexity index is 1450. The molecule has 1 N–H and O–H groups in total. The van der Waals surface area contributed by atoms with Crippen LogP contribution < -0.4 is 5.56 Å². The van der Waals surface area contributed by atoms with Crippen molar-refractivity contribution in [3.63, 3.8) is 0 Å². The fourth-order valence-electron chi connectivity index (χ4n) is 3.45. The normalized spacial score (nSPS) is 11.1. The molecule has 0 atom stereocenters. The highest BCUT2D eigenvalue weighted by molar-refractivity contribution is 7.21. The number of aromatic carboxylic acids is 1. The van der Waals surface area contributed by atoms with Crippen LogP contribution in [0.4, 0.5) is 0 Å². The van der Waals surface area contributed by atoms with Gasteiger partial charge in [-0.1, -0.05) is 60.7 Å². The number of benzene rings is 2. The van der Waals surface area contributed by atoms with Gasteiger partial charge < -0.3 is 9.52 Å². The number of aromatic nitrogens is 2. The third-order valence-electron chi connectivity index (χ3n) is 4.93. The molecule has 7 heteroatoms. The molecule has 0 aliphatic carbocycles. The highest BCUT2D eigenvalue weighted by atomic mass is 32.1. The number of hydrogen-bond acceptors (Lipinski definition) is 5. The molecule has 5 aromatic rings. The van der Waals surface area contributed by atoms with Gasteiger partial charge in [0.25, 0.3) is 5.56 Å². The van der Waals surface area contributed by atoms with Crippen molar-refractivity contribution in [2.75, 3.05) is 0 Å². The molecule has 3 heterocycles. The predicted octanol–water partition coefficient (Wildman–Crippen LogP) is 5.13. The summed E-state index contributed by atoms with van der Waals surface area (Å²) in [5.74, 6) is -0.440. The maximum Gasteiger partial charge on any atom is 0.371 e. The molecule has 152 valence electrons. The van der Waals surface area contributed by atoms with Gasteiger partial charge in [-0.15, -0.1) is 11.3 Å². The van der Waals surface area contributed by atoms with Gasteiger partial charge in [0.2, 0.25) is 5.76 Å². The van der Waals surface area contributed by atoms with Crippen molar-refractivity contribution in [1.82, 2.24) is 9.55 Å². The van der Waals surface area contributed by atoms with Crippen LogP contribution in [0.3, 0.4) is 0 Å². The summed E-state index contributed by atoms with van der Waals surface area (Å²) >= 11 is 1.47. The van der Waals surface area contributed by atoms with Crippen LogP contribution in [-0.4, -0.2) is 20.6 Å². The van der Waals surface area contributed by atoms with Crippen LogP contribution in [0.2, 0.25) is 0 Å². The minimum Gasteiger partial charge on any atom is -0.475 e. The van der Waals surface area contributed by atoms with Crippen molar-refractivity contribution < 1.29 is 14.3 Å². The highest BCUT2D eigenvalue weighted by Gasteiger charge is 2.18. The monoisotopic (exact) mass is 428 g/mol. The second kappa shape index (κ2) is 7.70. The number of rotatable bonds is 5. The number of carboxylic acids is 1. The van der Waals surface area contributed by atoms with Gasteiger partial charge in [-0.3, -0.25) is 9.36 Å². The molecule has 0 aliphatic heterocycles. The minimum absolute atomic E-state index is 0.0792. The number of thiophene rings is 1. The first-order chi connectivity index (χ1) is 15.1. The lowest BCUT2D eigenvalue weighted by Gasteiger charge is -2.11. The molecule has 0 saturated carbocycles. The van der Waals surface area contributed by atoms with Crippen molar-refractivity contribution in [2.24, 2.45) is 0 Å². The van der Waals surface area contributed by atoms with Crippen molar-refractivity contribution >= 4 is 27.5 Å². The lowest BCUT2D eigenvalue weighted by atomic mass is 10.2. The molecule has 3 aromatic heterocycles. The Labute approximate surface area is 180 Å². The number of hydrogen-bond donors (Lipinski definition) is 1. The smallest absolute Gasteiger partial charge is 0.371 e. The zero-order valence-corrected chi connectivity index (χ0v) is 17.0. The SMILES string of the molecule is O=C(O)c1ccc(Cn2c(-c3ccccc3)nc3sc(-c4ccccc4)cc3c2=O)o1. The molecule has 5 rings (SSSR count). The maximum absolute atomic E-state index is 13.5. The molecule has 0 spiro atoms. The predicted molar refractivity (Wildman–Crippen MR) is 120 cm³/mol. The Morgan fingerprint density at radius 1 is 0.968 bits per heavy atom. The third-order valence-corrected chi connectivity index (χ3v) is 6.01. The molecule has 0 bridgehead atoms. The maximum atomic E-state index is 13.5. The molecule has 0 radical (unpaired) electrons. The fraction of sp³-hybridized carbons (Fsp3) is 0.0417.